The maximum Gasteiger partial charge on any atom is 0.246 e. The average molecular weight is 268 g/mol. The van der Waals surface area contributed by atoms with E-state index in [1.54, 1.807) is 18.9 Å². The average Bonchev–Trinajstić information content (AvgIpc) is 2.37. The quantitative estimate of drug-likeness (QED) is 0.828. The Morgan fingerprint density at radius 1 is 1.42 bits per heavy atom. The lowest BCUT2D eigenvalue weighted by Crippen LogP contribution is -2.72. The molecule has 1 heterocycles. The first-order chi connectivity index (χ1) is 8.84. The minimum atomic E-state index is -0.391. The van der Waals surface area contributed by atoms with E-state index in [1.807, 2.05) is 6.92 Å². The summed E-state index contributed by atoms with van der Waals surface area (Å²) in [4.78, 5) is 26.3. The molecule has 5 nitrogen and oxygen atoms in total. The van der Waals surface area contributed by atoms with Crippen molar-refractivity contribution in [1.82, 2.24) is 10.2 Å². The summed E-state index contributed by atoms with van der Waals surface area (Å²) in [6, 6.07) is -0.682. The molecule has 4 atom stereocenters. The van der Waals surface area contributed by atoms with Crippen molar-refractivity contribution in [2.45, 2.75) is 64.8 Å². The van der Waals surface area contributed by atoms with Gasteiger partial charge >= 0.3 is 0 Å². The Morgan fingerprint density at radius 3 is 2.53 bits per heavy atom. The third-order valence-electron chi connectivity index (χ3n) is 4.82. The SMILES string of the molecule is CCC1NC(=O)C(C)N(C2CC(OC)C2(C)C)C1=O. The van der Waals surface area contributed by atoms with E-state index in [2.05, 4.69) is 19.2 Å². The molecule has 0 aromatic rings. The Kier molecular flexibility index (Phi) is 3.60. The van der Waals surface area contributed by atoms with Crippen molar-refractivity contribution in [2.75, 3.05) is 7.11 Å². The molecule has 0 radical (unpaired) electrons. The van der Waals surface area contributed by atoms with Gasteiger partial charge in [0.2, 0.25) is 11.8 Å². The van der Waals surface area contributed by atoms with Crippen molar-refractivity contribution in [2.24, 2.45) is 5.41 Å². The Balaban J connectivity index is 2.22. The number of carbonyl (C=O) groups is 2. The van der Waals surface area contributed by atoms with Crippen LogP contribution in [0.1, 0.15) is 40.5 Å². The molecule has 1 aliphatic carbocycles. The van der Waals surface area contributed by atoms with Crippen LogP contribution in [0.4, 0.5) is 0 Å². The van der Waals surface area contributed by atoms with Crippen LogP contribution in [0, 0.1) is 5.41 Å². The summed E-state index contributed by atoms with van der Waals surface area (Å²) in [5, 5.41) is 2.79. The first kappa shape index (κ1) is 14.3. The molecule has 0 aromatic heterocycles. The number of nitrogens with zero attached hydrogens (tertiary/aromatic N) is 1. The Bertz CT molecular complexity index is 394. The number of nitrogens with one attached hydrogen (secondary N) is 1. The molecule has 0 spiro atoms. The zero-order chi connectivity index (χ0) is 14.4. The van der Waals surface area contributed by atoms with Crippen LogP contribution >= 0.6 is 0 Å². The third-order valence-corrected chi connectivity index (χ3v) is 4.82. The van der Waals surface area contributed by atoms with Gasteiger partial charge in [-0.1, -0.05) is 20.8 Å². The predicted octanol–water partition coefficient (Wildman–Crippen LogP) is 0.925. The second-order valence-electron chi connectivity index (χ2n) is 6.19. The highest BCUT2D eigenvalue weighted by molar-refractivity contribution is 5.97. The van der Waals surface area contributed by atoms with Gasteiger partial charge in [-0.3, -0.25) is 9.59 Å². The Labute approximate surface area is 114 Å². The van der Waals surface area contributed by atoms with Crippen LogP contribution in [0.25, 0.3) is 0 Å². The molecule has 1 saturated carbocycles. The number of rotatable bonds is 3. The van der Waals surface area contributed by atoms with Gasteiger partial charge in [-0.05, 0) is 19.8 Å². The Hall–Kier alpha value is -1.10. The fourth-order valence-electron chi connectivity index (χ4n) is 3.29. The molecule has 19 heavy (non-hydrogen) atoms. The first-order valence-electron chi connectivity index (χ1n) is 6.99. The summed E-state index contributed by atoms with van der Waals surface area (Å²) >= 11 is 0. The van der Waals surface area contributed by atoms with Crippen LogP contribution in [-0.2, 0) is 14.3 Å². The summed E-state index contributed by atoms with van der Waals surface area (Å²) in [7, 11) is 1.70. The summed E-state index contributed by atoms with van der Waals surface area (Å²) in [5.41, 5.74) is -0.103. The van der Waals surface area contributed by atoms with Crippen molar-refractivity contribution >= 4 is 11.8 Å². The molecule has 0 bridgehead atoms. The standard InChI is InChI=1S/C14H24N2O3/c1-6-9-13(18)16(8(2)12(17)15-9)10-7-11(19-5)14(10,3)4/h8-11H,6-7H2,1-5H3,(H,15,17). The lowest BCUT2D eigenvalue weighted by atomic mass is 9.63. The van der Waals surface area contributed by atoms with Gasteiger partial charge in [-0.25, -0.2) is 0 Å². The maximum atomic E-state index is 12.5. The minimum absolute atomic E-state index is 0.0437. The fourth-order valence-corrected chi connectivity index (χ4v) is 3.29. The number of hydrogen-bond donors (Lipinski definition) is 1. The largest absolute Gasteiger partial charge is 0.381 e. The minimum Gasteiger partial charge on any atom is -0.381 e. The van der Waals surface area contributed by atoms with Crippen molar-refractivity contribution in [3.05, 3.63) is 0 Å². The Morgan fingerprint density at radius 2 is 2.05 bits per heavy atom. The van der Waals surface area contributed by atoms with E-state index < -0.39 is 6.04 Å². The molecule has 2 rings (SSSR count). The lowest BCUT2D eigenvalue weighted by molar-refractivity contribution is -0.177. The second kappa shape index (κ2) is 4.78. The number of methoxy groups -OCH3 is 1. The first-order valence-corrected chi connectivity index (χ1v) is 6.99. The topological polar surface area (TPSA) is 58.6 Å². The molecule has 0 aromatic carbocycles. The van der Waals surface area contributed by atoms with E-state index in [4.69, 9.17) is 4.74 Å². The molecule has 4 unspecified atom stereocenters. The normalized spacial score (nSPS) is 37.8. The molecule has 108 valence electrons. The molecule has 1 aliphatic heterocycles. The van der Waals surface area contributed by atoms with Crippen molar-refractivity contribution in [1.29, 1.82) is 0 Å². The predicted molar refractivity (Wildman–Crippen MR) is 71.5 cm³/mol. The molecule has 1 N–H and O–H groups in total. The monoisotopic (exact) mass is 268 g/mol. The highest BCUT2D eigenvalue weighted by Gasteiger charge is 2.55. The van der Waals surface area contributed by atoms with E-state index in [9.17, 15) is 9.59 Å². The van der Waals surface area contributed by atoms with Crippen LogP contribution < -0.4 is 5.32 Å². The molecule has 2 amide bonds. The number of carbonyl (C=O) groups excluding carboxylic acids is 2. The number of piperazine rings is 1. The number of amides is 2. The van der Waals surface area contributed by atoms with Crippen LogP contribution in [-0.4, -0.2) is 48.1 Å². The lowest BCUT2D eigenvalue weighted by Gasteiger charge is -2.57. The summed E-state index contributed by atoms with van der Waals surface area (Å²) in [6.07, 6.45) is 1.60. The van der Waals surface area contributed by atoms with Crippen LogP contribution in [0.3, 0.4) is 0 Å². The zero-order valence-corrected chi connectivity index (χ0v) is 12.4. The summed E-state index contributed by atoms with van der Waals surface area (Å²) in [5.74, 6) is -0.00894. The van der Waals surface area contributed by atoms with Gasteiger partial charge in [0.05, 0.1) is 6.10 Å². The van der Waals surface area contributed by atoms with Crippen molar-refractivity contribution in [3.8, 4) is 0 Å². The molecular formula is C14H24N2O3. The highest BCUT2D eigenvalue weighted by Crippen LogP contribution is 2.46. The van der Waals surface area contributed by atoms with Gasteiger partial charge in [0, 0.05) is 18.6 Å². The maximum absolute atomic E-state index is 12.5. The zero-order valence-electron chi connectivity index (χ0n) is 12.4. The molecule has 2 aliphatic rings. The van der Waals surface area contributed by atoms with Gasteiger partial charge in [0.1, 0.15) is 12.1 Å². The summed E-state index contributed by atoms with van der Waals surface area (Å²) in [6.45, 7) is 7.92. The fraction of sp³-hybridized carbons (Fsp3) is 0.857. The van der Waals surface area contributed by atoms with E-state index in [0.29, 0.717) is 6.42 Å². The molecular weight excluding hydrogens is 244 g/mol. The van der Waals surface area contributed by atoms with Crippen molar-refractivity contribution < 1.29 is 14.3 Å². The van der Waals surface area contributed by atoms with E-state index in [1.165, 1.54) is 0 Å². The molecule has 2 fully saturated rings. The molecule has 5 heteroatoms. The van der Waals surface area contributed by atoms with Gasteiger partial charge in [0.25, 0.3) is 0 Å². The van der Waals surface area contributed by atoms with Gasteiger partial charge in [-0.2, -0.15) is 0 Å². The van der Waals surface area contributed by atoms with Gasteiger partial charge < -0.3 is 15.0 Å². The van der Waals surface area contributed by atoms with Gasteiger partial charge in [0.15, 0.2) is 0 Å². The number of hydrogen-bond acceptors (Lipinski definition) is 3. The second-order valence-corrected chi connectivity index (χ2v) is 6.19. The van der Waals surface area contributed by atoms with E-state index >= 15 is 0 Å². The molecule has 1 saturated heterocycles. The van der Waals surface area contributed by atoms with Crippen LogP contribution in [0.2, 0.25) is 0 Å². The van der Waals surface area contributed by atoms with E-state index in [-0.39, 0.29) is 35.4 Å². The van der Waals surface area contributed by atoms with E-state index in [0.717, 1.165) is 6.42 Å². The summed E-state index contributed by atoms with van der Waals surface area (Å²) < 4.78 is 5.43. The highest BCUT2D eigenvalue weighted by atomic mass is 16.5. The van der Waals surface area contributed by atoms with Crippen LogP contribution in [0.5, 0.6) is 0 Å². The van der Waals surface area contributed by atoms with Crippen molar-refractivity contribution in [3.63, 3.8) is 0 Å². The smallest absolute Gasteiger partial charge is 0.246 e. The third kappa shape index (κ3) is 2.04. The van der Waals surface area contributed by atoms with Crippen LogP contribution in [0.15, 0.2) is 0 Å². The van der Waals surface area contributed by atoms with Gasteiger partial charge in [-0.15, -0.1) is 0 Å². The number of ether oxygens (including phenoxy) is 1.